The summed E-state index contributed by atoms with van der Waals surface area (Å²) in [5, 5.41) is 9.09. The molecule has 0 unspecified atom stereocenters. The third-order valence-electron chi connectivity index (χ3n) is 4.36. The van der Waals surface area contributed by atoms with Crippen molar-refractivity contribution in [2.45, 2.75) is 6.42 Å². The van der Waals surface area contributed by atoms with Crippen molar-refractivity contribution in [1.82, 2.24) is 15.3 Å². The minimum Gasteiger partial charge on any atom is -0.355 e. The fourth-order valence-electron chi connectivity index (χ4n) is 3.00. The molecule has 8 heteroatoms. The first-order chi connectivity index (χ1) is 13.5. The first-order valence-corrected chi connectivity index (χ1v) is 8.96. The molecule has 0 atom stereocenters. The summed E-state index contributed by atoms with van der Waals surface area (Å²) in [4.78, 5) is 32.7. The van der Waals surface area contributed by atoms with Crippen molar-refractivity contribution in [1.29, 1.82) is 0 Å². The maximum absolute atomic E-state index is 12.1. The van der Waals surface area contributed by atoms with E-state index in [-0.39, 0.29) is 18.2 Å². The van der Waals surface area contributed by atoms with Gasteiger partial charge in [0.25, 0.3) is 5.91 Å². The van der Waals surface area contributed by atoms with E-state index < -0.39 is 0 Å². The third kappa shape index (κ3) is 3.52. The molecular formula is C20H16ClN5O2. The number of benzene rings is 2. The number of aromatic nitrogens is 2. The molecule has 2 heterocycles. The van der Waals surface area contributed by atoms with Gasteiger partial charge in [0.2, 0.25) is 11.9 Å². The molecule has 2 aromatic carbocycles. The molecule has 0 bridgehead atoms. The Kier molecular flexibility index (Phi) is 4.67. The first kappa shape index (κ1) is 17.9. The number of fused-ring (bicyclic) bond motifs is 3. The summed E-state index contributed by atoms with van der Waals surface area (Å²) in [5.74, 6) is 0.0957. The van der Waals surface area contributed by atoms with Crippen LogP contribution in [0.1, 0.15) is 15.9 Å². The zero-order valence-corrected chi connectivity index (χ0v) is 15.7. The van der Waals surface area contributed by atoms with Crippen LogP contribution < -0.4 is 16.0 Å². The maximum Gasteiger partial charge on any atom is 0.251 e. The smallest absolute Gasteiger partial charge is 0.251 e. The number of rotatable bonds is 3. The van der Waals surface area contributed by atoms with Crippen LogP contribution in [-0.2, 0) is 11.2 Å². The number of nitrogens with zero attached hydrogens (tertiary/aromatic N) is 2. The van der Waals surface area contributed by atoms with Gasteiger partial charge in [0.05, 0.1) is 17.8 Å². The number of nitrogens with one attached hydrogen (secondary N) is 3. The predicted octanol–water partition coefficient (Wildman–Crippen LogP) is 3.39. The molecule has 0 spiro atoms. The lowest BCUT2D eigenvalue weighted by Gasteiger charge is -2.11. The Hall–Kier alpha value is -3.45. The molecule has 3 N–H and O–H groups in total. The van der Waals surface area contributed by atoms with Crippen LogP contribution in [0.3, 0.4) is 0 Å². The number of hydrogen-bond acceptors (Lipinski definition) is 5. The molecule has 1 aliphatic heterocycles. The minimum atomic E-state index is -0.153. The van der Waals surface area contributed by atoms with E-state index in [0.29, 0.717) is 27.9 Å². The van der Waals surface area contributed by atoms with Gasteiger partial charge in [-0.25, -0.2) is 9.97 Å². The molecule has 0 radical (unpaired) electrons. The van der Waals surface area contributed by atoms with Crippen LogP contribution in [0.2, 0.25) is 5.02 Å². The second-order valence-electron chi connectivity index (χ2n) is 6.26. The van der Waals surface area contributed by atoms with E-state index in [1.807, 2.05) is 6.07 Å². The van der Waals surface area contributed by atoms with Crippen molar-refractivity contribution in [3.05, 3.63) is 64.8 Å². The molecule has 1 aliphatic rings. The molecule has 2 amide bonds. The highest BCUT2D eigenvalue weighted by Gasteiger charge is 2.21. The molecular weight excluding hydrogens is 378 g/mol. The lowest BCUT2D eigenvalue weighted by atomic mass is 10.1. The highest BCUT2D eigenvalue weighted by molar-refractivity contribution is 6.31. The van der Waals surface area contributed by atoms with E-state index in [2.05, 4.69) is 25.9 Å². The van der Waals surface area contributed by atoms with Gasteiger partial charge in [-0.1, -0.05) is 11.6 Å². The molecule has 4 rings (SSSR count). The van der Waals surface area contributed by atoms with Gasteiger partial charge in [0.1, 0.15) is 0 Å². The molecule has 140 valence electrons. The number of anilines is 3. The van der Waals surface area contributed by atoms with Crippen LogP contribution in [0.15, 0.2) is 48.7 Å². The summed E-state index contributed by atoms with van der Waals surface area (Å²) >= 11 is 6.06. The fourth-order valence-corrected chi connectivity index (χ4v) is 3.17. The number of halogens is 1. The first-order valence-electron chi connectivity index (χ1n) is 8.58. The van der Waals surface area contributed by atoms with Crippen LogP contribution in [0.5, 0.6) is 0 Å². The molecule has 0 fully saturated rings. The maximum atomic E-state index is 12.1. The van der Waals surface area contributed by atoms with E-state index >= 15 is 0 Å². The van der Waals surface area contributed by atoms with E-state index in [1.54, 1.807) is 49.6 Å². The summed E-state index contributed by atoms with van der Waals surface area (Å²) in [6.07, 6.45) is 1.83. The van der Waals surface area contributed by atoms with Crippen molar-refractivity contribution < 1.29 is 9.59 Å². The van der Waals surface area contributed by atoms with Gasteiger partial charge in [-0.3, -0.25) is 9.59 Å². The summed E-state index contributed by atoms with van der Waals surface area (Å²) in [6, 6.07) is 12.3. The molecule has 3 aromatic rings. The Morgan fingerprint density at radius 3 is 2.71 bits per heavy atom. The average molecular weight is 394 g/mol. The van der Waals surface area contributed by atoms with Gasteiger partial charge < -0.3 is 16.0 Å². The minimum absolute atomic E-state index is 0.142. The van der Waals surface area contributed by atoms with Crippen LogP contribution in [0, 0.1) is 0 Å². The Balaban J connectivity index is 1.68. The largest absolute Gasteiger partial charge is 0.355 e. The number of hydrogen-bond donors (Lipinski definition) is 3. The average Bonchev–Trinajstić information content (AvgIpc) is 2.82. The Labute approximate surface area is 166 Å². The van der Waals surface area contributed by atoms with Gasteiger partial charge in [0, 0.05) is 40.6 Å². The number of carbonyl (C=O) groups excluding carboxylic acids is 2. The summed E-state index contributed by atoms with van der Waals surface area (Å²) in [7, 11) is 1.59. The zero-order valence-electron chi connectivity index (χ0n) is 14.9. The molecule has 1 aromatic heterocycles. The zero-order chi connectivity index (χ0) is 19.7. The second kappa shape index (κ2) is 7.28. The highest BCUT2D eigenvalue weighted by atomic mass is 35.5. The van der Waals surface area contributed by atoms with E-state index in [0.717, 1.165) is 16.8 Å². The van der Waals surface area contributed by atoms with Gasteiger partial charge >= 0.3 is 0 Å². The molecule has 0 saturated heterocycles. The number of carbonyl (C=O) groups is 2. The molecule has 7 nitrogen and oxygen atoms in total. The quantitative estimate of drug-likeness (QED) is 0.633. The van der Waals surface area contributed by atoms with Crippen LogP contribution in [0.25, 0.3) is 11.3 Å². The Bertz CT molecular complexity index is 1080. The van der Waals surface area contributed by atoms with Gasteiger partial charge in [-0.2, -0.15) is 0 Å². The third-order valence-corrected chi connectivity index (χ3v) is 4.59. The topological polar surface area (TPSA) is 96.0 Å². The standard InChI is InChI=1S/C20H16ClN5O2/c1-22-19(28)11-2-5-14(6-3-11)24-20-23-10-12-8-17(27)25-16-9-13(21)4-7-15(16)18(12)26-20/h2-7,9-10H,8H2,1H3,(H,22,28)(H,25,27)(H,23,24,26). The lowest BCUT2D eigenvalue weighted by molar-refractivity contribution is -0.115. The van der Waals surface area contributed by atoms with Crippen LogP contribution >= 0.6 is 11.6 Å². The Morgan fingerprint density at radius 1 is 1.18 bits per heavy atom. The fraction of sp³-hybridized carbons (Fsp3) is 0.100. The molecule has 28 heavy (non-hydrogen) atoms. The van der Waals surface area contributed by atoms with Crippen molar-refractivity contribution in [3.8, 4) is 11.3 Å². The second-order valence-corrected chi connectivity index (χ2v) is 6.70. The van der Waals surface area contributed by atoms with Crippen molar-refractivity contribution in [2.24, 2.45) is 0 Å². The molecule has 0 saturated carbocycles. The van der Waals surface area contributed by atoms with Crippen LogP contribution in [-0.4, -0.2) is 28.8 Å². The van der Waals surface area contributed by atoms with E-state index in [9.17, 15) is 9.59 Å². The van der Waals surface area contributed by atoms with Crippen molar-refractivity contribution in [2.75, 3.05) is 17.7 Å². The predicted molar refractivity (Wildman–Crippen MR) is 108 cm³/mol. The van der Waals surface area contributed by atoms with Gasteiger partial charge in [-0.15, -0.1) is 0 Å². The van der Waals surface area contributed by atoms with Gasteiger partial charge in [-0.05, 0) is 42.5 Å². The van der Waals surface area contributed by atoms with E-state index in [1.165, 1.54) is 0 Å². The highest BCUT2D eigenvalue weighted by Crippen LogP contribution is 2.34. The number of amides is 2. The van der Waals surface area contributed by atoms with E-state index in [4.69, 9.17) is 11.6 Å². The lowest BCUT2D eigenvalue weighted by Crippen LogP contribution is -2.17. The summed E-state index contributed by atoms with van der Waals surface area (Å²) < 4.78 is 0. The monoisotopic (exact) mass is 393 g/mol. The van der Waals surface area contributed by atoms with Crippen molar-refractivity contribution in [3.63, 3.8) is 0 Å². The summed E-state index contributed by atoms with van der Waals surface area (Å²) in [5.41, 5.74) is 4.11. The van der Waals surface area contributed by atoms with Crippen molar-refractivity contribution >= 4 is 40.7 Å². The Morgan fingerprint density at radius 2 is 1.96 bits per heavy atom. The molecule has 0 aliphatic carbocycles. The SMILES string of the molecule is CNC(=O)c1ccc(Nc2ncc3c(n2)-c2ccc(Cl)cc2NC(=O)C3)cc1. The van der Waals surface area contributed by atoms with Gasteiger partial charge in [0.15, 0.2) is 0 Å². The summed E-state index contributed by atoms with van der Waals surface area (Å²) in [6.45, 7) is 0. The normalized spacial score (nSPS) is 12.3. The van der Waals surface area contributed by atoms with Crippen LogP contribution in [0.4, 0.5) is 17.3 Å².